The van der Waals surface area contributed by atoms with Crippen LogP contribution in [0, 0.1) is 0 Å². The van der Waals surface area contributed by atoms with Gasteiger partial charge in [-0.1, -0.05) is 30.3 Å². The maximum atomic E-state index is 12.3. The minimum Gasteiger partial charge on any atom is -0.502 e. The van der Waals surface area contributed by atoms with Crippen molar-refractivity contribution >= 4 is 5.97 Å². The number of benzene rings is 1. The zero-order valence-corrected chi connectivity index (χ0v) is 15.2. The van der Waals surface area contributed by atoms with Gasteiger partial charge >= 0.3 is 5.97 Å². The third kappa shape index (κ3) is 4.75. The molecule has 1 aliphatic heterocycles. The first kappa shape index (κ1) is 19.1. The van der Waals surface area contributed by atoms with Gasteiger partial charge in [0.2, 0.25) is 11.2 Å². The van der Waals surface area contributed by atoms with E-state index in [0.29, 0.717) is 25.5 Å². The molecule has 1 aromatic heterocycles. The predicted octanol–water partition coefficient (Wildman–Crippen LogP) is 1.87. The van der Waals surface area contributed by atoms with E-state index < -0.39 is 23.1 Å². The highest BCUT2D eigenvalue weighted by Crippen LogP contribution is 2.33. The van der Waals surface area contributed by atoms with Crippen molar-refractivity contribution in [3.05, 3.63) is 63.7 Å². The molecule has 0 amide bonds. The van der Waals surface area contributed by atoms with E-state index in [2.05, 4.69) is 4.90 Å². The van der Waals surface area contributed by atoms with Crippen molar-refractivity contribution in [2.24, 2.45) is 0 Å². The average molecular weight is 373 g/mol. The molecule has 3 rings (SSSR count). The van der Waals surface area contributed by atoms with E-state index in [1.807, 2.05) is 30.3 Å². The lowest BCUT2D eigenvalue weighted by atomic mass is 9.92. The highest BCUT2D eigenvalue weighted by atomic mass is 16.5. The second kappa shape index (κ2) is 8.83. The lowest BCUT2D eigenvalue weighted by Crippen LogP contribution is -2.35. The van der Waals surface area contributed by atoms with Crippen LogP contribution in [-0.2, 0) is 20.8 Å². The summed E-state index contributed by atoms with van der Waals surface area (Å²) in [5.74, 6) is -1.01. The Morgan fingerprint density at radius 2 is 1.96 bits per heavy atom. The van der Waals surface area contributed by atoms with Crippen LogP contribution in [0.3, 0.4) is 0 Å². The molecule has 0 radical (unpaired) electrons. The van der Waals surface area contributed by atoms with Crippen molar-refractivity contribution in [3.8, 4) is 5.75 Å². The first-order chi connectivity index (χ1) is 13.1. The molecule has 7 heteroatoms. The van der Waals surface area contributed by atoms with E-state index in [4.69, 9.17) is 13.9 Å². The molecule has 1 aliphatic rings. The molecule has 27 heavy (non-hydrogen) atoms. The molecule has 0 aliphatic carbocycles. The van der Waals surface area contributed by atoms with Gasteiger partial charge in [0, 0.05) is 19.2 Å². The van der Waals surface area contributed by atoms with Crippen molar-refractivity contribution in [2.75, 3.05) is 33.4 Å². The van der Waals surface area contributed by atoms with Gasteiger partial charge < -0.3 is 19.0 Å². The van der Waals surface area contributed by atoms with Crippen molar-refractivity contribution in [3.63, 3.8) is 0 Å². The number of ether oxygens (including phenoxy) is 2. The molecule has 0 unspecified atom stereocenters. The van der Waals surface area contributed by atoms with Gasteiger partial charge in [-0.25, -0.2) is 0 Å². The second-order valence-electron chi connectivity index (χ2n) is 6.42. The first-order valence-corrected chi connectivity index (χ1v) is 8.86. The Morgan fingerprint density at radius 3 is 2.63 bits per heavy atom. The van der Waals surface area contributed by atoms with Gasteiger partial charge in [-0.2, -0.15) is 0 Å². The molecular formula is C20H23NO6. The number of aromatic hydroxyl groups is 1. The molecule has 7 nitrogen and oxygen atoms in total. The highest BCUT2D eigenvalue weighted by Gasteiger charge is 2.26. The molecule has 144 valence electrons. The number of hydrogen-bond acceptors (Lipinski definition) is 7. The van der Waals surface area contributed by atoms with Crippen LogP contribution in [0.4, 0.5) is 0 Å². The SMILES string of the molecule is COC(=O)C[C@H](c1ccccc1)c1oc(CN2CCOCC2)cc(=O)c1O. The van der Waals surface area contributed by atoms with Crippen LogP contribution in [-0.4, -0.2) is 49.4 Å². The Morgan fingerprint density at radius 1 is 1.26 bits per heavy atom. The van der Waals surface area contributed by atoms with Gasteiger partial charge in [0.25, 0.3) is 0 Å². The molecule has 2 heterocycles. The molecule has 1 atom stereocenters. The standard InChI is InChI=1S/C20H23NO6/c1-25-18(23)12-16(14-5-3-2-4-6-14)20-19(24)17(22)11-15(27-20)13-21-7-9-26-10-8-21/h2-6,11,16,24H,7-10,12-13H2,1H3/t16-/m1/s1. The number of morpholine rings is 1. The zero-order valence-electron chi connectivity index (χ0n) is 15.2. The fourth-order valence-corrected chi connectivity index (χ4v) is 3.15. The van der Waals surface area contributed by atoms with E-state index in [0.717, 1.165) is 18.7 Å². The molecule has 0 saturated carbocycles. The van der Waals surface area contributed by atoms with Gasteiger partial charge in [0.05, 0.1) is 39.2 Å². The van der Waals surface area contributed by atoms with E-state index in [-0.39, 0.29) is 12.2 Å². The summed E-state index contributed by atoms with van der Waals surface area (Å²) in [6, 6.07) is 10.4. The Labute approximate surface area is 157 Å². The van der Waals surface area contributed by atoms with Crippen molar-refractivity contribution in [1.29, 1.82) is 0 Å². The van der Waals surface area contributed by atoms with E-state index in [9.17, 15) is 14.7 Å². The summed E-state index contributed by atoms with van der Waals surface area (Å²) in [5.41, 5.74) is 0.232. The number of nitrogens with zero attached hydrogens (tertiary/aromatic N) is 1. The number of esters is 1. The Bertz CT molecular complexity index is 826. The number of hydrogen-bond donors (Lipinski definition) is 1. The third-order valence-electron chi connectivity index (χ3n) is 4.60. The molecule has 2 aromatic rings. The van der Waals surface area contributed by atoms with Crippen LogP contribution in [0.1, 0.15) is 29.4 Å². The Balaban J connectivity index is 1.97. The minimum atomic E-state index is -0.615. The Hall–Kier alpha value is -2.64. The monoisotopic (exact) mass is 373 g/mol. The molecular weight excluding hydrogens is 350 g/mol. The molecule has 1 fully saturated rings. The summed E-state index contributed by atoms with van der Waals surface area (Å²) < 4.78 is 16.0. The topological polar surface area (TPSA) is 89.2 Å². The van der Waals surface area contributed by atoms with E-state index in [1.54, 1.807) is 0 Å². The largest absolute Gasteiger partial charge is 0.502 e. The van der Waals surface area contributed by atoms with E-state index >= 15 is 0 Å². The predicted molar refractivity (Wildman–Crippen MR) is 97.7 cm³/mol. The normalized spacial score (nSPS) is 16.0. The molecule has 0 bridgehead atoms. The smallest absolute Gasteiger partial charge is 0.306 e. The number of carbonyl (C=O) groups excluding carboxylic acids is 1. The summed E-state index contributed by atoms with van der Waals surface area (Å²) >= 11 is 0. The maximum absolute atomic E-state index is 12.3. The summed E-state index contributed by atoms with van der Waals surface area (Å²) in [4.78, 5) is 26.4. The lowest BCUT2D eigenvalue weighted by molar-refractivity contribution is -0.140. The van der Waals surface area contributed by atoms with Crippen LogP contribution in [0.2, 0.25) is 0 Å². The summed E-state index contributed by atoms with van der Waals surface area (Å²) in [5, 5.41) is 10.4. The van der Waals surface area contributed by atoms with Crippen molar-refractivity contribution < 1.29 is 23.8 Å². The summed E-state index contributed by atoms with van der Waals surface area (Å²) in [6.07, 6.45) is -0.0436. The average Bonchev–Trinajstić information content (AvgIpc) is 2.70. The minimum absolute atomic E-state index is 0.0436. The van der Waals surface area contributed by atoms with Crippen LogP contribution < -0.4 is 5.43 Å². The summed E-state index contributed by atoms with van der Waals surface area (Å²) in [6.45, 7) is 3.17. The maximum Gasteiger partial charge on any atom is 0.306 e. The van der Waals surface area contributed by atoms with Crippen LogP contribution in [0.5, 0.6) is 5.75 Å². The van der Waals surface area contributed by atoms with Crippen molar-refractivity contribution in [1.82, 2.24) is 4.90 Å². The third-order valence-corrected chi connectivity index (χ3v) is 4.60. The van der Waals surface area contributed by atoms with Crippen LogP contribution >= 0.6 is 0 Å². The van der Waals surface area contributed by atoms with Crippen LogP contribution in [0.15, 0.2) is 45.6 Å². The molecule has 1 N–H and O–H groups in total. The quantitative estimate of drug-likeness (QED) is 0.773. The second-order valence-corrected chi connectivity index (χ2v) is 6.42. The van der Waals surface area contributed by atoms with Crippen LogP contribution in [0.25, 0.3) is 0 Å². The van der Waals surface area contributed by atoms with E-state index in [1.165, 1.54) is 13.2 Å². The zero-order chi connectivity index (χ0) is 19.2. The highest BCUT2D eigenvalue weighted by molar-refractivity contribution is 5.71. The summed E-state index contributed by atoms with van der Waals surface area (Å²) in [7, 11) is 1.30. The molecule has 1 aromatic carbocycles. The van der Waals surface area contributed by atoms with Gasteiger partial charge in [-0.05, 0) is 5.56 Å². The number of carbonyl (C=O) groups is 1. The van der Waals surface area contributed by atoms with Gasteiger partial charge in [0.1, 0.15) is 5.76 Å². The van der Waals surface area contributed by atoms with Gasteiger partial charge in [0.15, 0.2) is 5.76 Å². The molecule has 0 spiro atoms. The molecule has 1 saturated heterocycles. The van der Waals surface area contributed by atoms with Gasteiger partial charge in [-0.15, -0.1) is 0 Å². The van der Waals surface area contributed by atoms with Gasteiger partial charge in [-0.3, -0.25) is 14.5 Å². The number of methoxy groups -OCH3 is 1. The first-order valence-electron chi connectivity index (χ1n) is 8.86. The number of rotatable bonds is 6. The fourth-order valence-electron chi connectivity index (χ4n) is 3.15. The lowest BCUT2D eigenvalue weighted by Gasteiger charge is -2.26. The Kier molecular flexibility index (Phi) is 6.26. The van der Waals surface area contributed by atoms with Crippen molar-refractivity contribution in [2.45, 2.75) is 18.9 Å². The fraction of sp³-hybridized carbons (Fsp3) is 0.400.